The van der Waals surface area contributed by atoms with Crippen molar-refractivity contribution in [3.8, 4) is 0 Å². The molecular formula is C16H19N7O2. The lowest BCUT2D eigenvalue weighted by Crippen LogP contribution is -2.15. The molecule has 3 aromatic rings. The highest BCUT2D eigenvalue weighted by Crippen LogP contribution is 2.18. The summed E-state index contributed by atoms with van der Waals surface area (Å²) in [5.41, 5.74) is 9.24. The Morgan fingerprint density at radius 3 is 2.64 bits per heavy atom. The Balaban J connectivity index is 1.79. The van der Waals surface area contributed by atoms with Gasteiger partial charge in [-0.3, -0.25) is 14.3 Å². The number of hydrogen-bond acceptors (Lipinski definition) is 5. The van der Waals surface area contributed by atoms with Crippen LogP contribution in [-0.2, 0) is 18.3 Å². The van der Waals surface area contributed by atoms with Crippen LogP contribution >= 0.6 is 0 Å². The van der Waals surface area contributed by atoms with Gasteiger partial charge in [-0.05, 0) is 25.8 Å². The lowest BCUT2D eigenvalue weighted by Gasteiger charge is -2.11. The van der Waals surface area contributed by atoms with E-state index in [1.807, 2.05) is 13.8 Å². The third-order valence-electron chi connectivity index (χ3n) is 4.06. The van der Waals surface area contributed by atoms with Crippen molar-refractivity contribution in [2.24, 2.45) is 12.8 Å². The summed E-state index contributed by atoms with van der Waals surface area (Å²) in [4.78, 5) is 28.0. The van der Waals surface area contributed by atoms with Gasteiger partial charge in [-0.15, -0.1) is 0 Å². The van der Waals surface area contributed by atoms with Crippen molar-refractivity contribution < 1.29 is 9.59 Å². The molecule has 3 N–H and O–H groups in total. The zero-order chi connectivity index (χ0) is 18.1. The van der Waals surface area contributed by atoms with E-state index in [4.69, 9.17) is 5.73 Å². The molecule has 0 saturated carbocycles. The second kappa shape index (κ2) is 6.34. The van der Waals surface area contributed by atoms with Crippen LogP contribution in [0.5, 0.6) is 0 Å². The first kappa shape index (κ1) is 16.6. The van der Waals surface area contributed by atoms with Crippen molar-refractivity contribution in [2.75, 3.05) is 5.32 Å². The van der Waals surface area contributed by atoms with E-state index < -0.39 is 5.91 Å². The van der Waals surface area contributed by atoms with Crippen molar-refractivity contribution >= 4 is 23.1 Å². The van der Waals surface area contributed by atoms with Crippen molar-refractivity contribution in [3.05, 3.63) is 41.1 Å². The quantitative estimate of drug-likeness (QED) is 0.709. The molecule has 130 valence electrons. The average Bonchev–Trinajstić information content (AvgIpc) is 3.13. The highest BCUT2D eigenvalue weighted by molar-refractivity contribution is 5.98. The van der Waals surface area contributed by atoms with Crippen LogP contribution < -0.4 is 11.1 Å². The normalized spacial score (nSPS) is 11.0. The third kappa shape index (κ3) is 3.21. The maximum Gasteiger partial charge on any atom is 0.254 e. The first-order valence-corrected chi connectivity index (χ1v) is 7.79. The highest BCUT2D eigenvalue weighted by Gasteiger charge is 2.17. The fraction of sp³-hybridized carbons (Fsp3) is 0.312. The standard InChI is InChI=1S/C16H19N7O2/c1-9-12(4-5-14(24)21-11-6-18-22(3)8-11)10(2)23-16(20-9)13(7-19-23)15(17)25/h6-8H,4-5H2,1-3H3,(H2,17,25)(H,21,24). The monoisotopic (exact) mass is 341 g/mol. The molecule has 9 heteroatoms. The fourth-order valence-corrected chi connectivity index (χ4v) is 2.79. The number of aromatic nitrogens is 5. The van der Waals surface area contributed by atoms with Gasteiger partial charge in [0.1, 0.15) is 5.56 Å². The largest absolute Gasteiger partial charge is 0.365 e. The molecule has 0 aliphatic carbocycles. The van der Waals surface area contributed by atoms with Gasteiger partial charge >= 0.3 is 0 Å². The van der Waals surface area contributed by atoms with Crippen molar-refractivity contribution in [1.82, 2.24) is 24.4 Å². The second-order valence-corrected chi connectivity index (χ2v) is 5.87. The number of nitrogens with two attached hydrogens (primary N) is 1. The summed E-state index contributed by atoms with van der Waals surface area (Å²) in [6.07, 6.45) is 5.55. The van der Waals surface area contributed by atoms with E-state index in [-0.39, 0.29) is 11.5 Å². The van der Waals surface area contributed by atoms with Crippen molar-refractivity contribution in [3.63, 3.8) is 0 Å². The number of amides is 2. The highest BCUT2D eigenvalue weighted by atomic mass is 16.2. The van der Waals surface area contributed by atoms with Crippen LogP contribution in [0.25, 0.3) is 5.65 Å². The topological polar surface area (TPSA) is 120 Å². The van der Waals surface area contributed by atoms with Crippen LogP contribution in [0, 0.1) is 13.8 Å². The number of nitrogens with zero attached hydrogens (tertiary/aromatic N) is 5. The van der Waals surface area contributed by atoms with Crippen molar-refractivity contribution in [1.29, 1.82) is 0 Å². The Morgan fingerprint density at radius 1 is 1.24 bits per heavy atom. The summed E-state index contributed by atoms with van der Waals surface area (Å²) < 4.78 is 3.21. The number of aryl methyl sites for hydroxylation is 3. The summed E-state index contributed by atoms with van der Waals surface area (Å²) in [5.74, 6) is -0.671. The van der Waals surface area contributed by atoms with Gasteiger partial charge < -0.3 is 11.1 Å². The molecule has 9 nitrogen and oxygen atoms in total. The minimum atomic E-state index is -0.565. The van der Waals surface area contributed by atoms with Crippen LogP contribution in [0.4, 0.5) is 5.69 Å². The summed E-state index contributed by atoms with van der Waals surface area (Å²) in [6.45, 7) is 3.73. The van der Waals surface area contributed by atoms with E-state index in [9.17, 15) is 9.59 Å². The lowest BCUT2D eigenvalue weighted by molar-refractivity contribution is -0.116. The molecule has 0 aromatic carbocycles. The Hall–Kier alpha value is -3.23. The molecule has 0 bridgehead atoms. The molecule has 3 rings (SSSR count). The molecular weight excluding hydrogens is 322 g/mol. The van der Waals surface area contributed by atoms with Crippen LogP contribution in [0.1, 0.15) is 33.7 Å². The summed E-state index contributed by atoms with van der Waals surface area (Å²) >= 11 is 0. The molecule has 0 spiro atoms. The van der Waals surface area contributed by atoms with E-state index in [2.05, 4.69) is 20.5 Å². The van der Waals surface area contributed by atoms with Gasteiger partial charge in [0.25, 0.3) is 5.91 Å². The molecule has 0 fully saturated rings. The minimum Gasteiger partial charge on any atom is -0.365 e. The molecule has 25 heavy (non-hydrogen) atoms. The Bertz CT molecular complexity index is 970. The summed E-state index contributed by atoms with van der Waals surface area (Å²) in [7, 11) is 1.79. The molecule has 0 aliphatic rings. The van der Waals surface area contributed by atoms with E-state index in [0.29, 0.717) is 24.2 Å². The maximum absolute atomic E-state index is 12.1. The zero-order valence-corrected chi connectivity index (χ0v) is 14.3. The van der Waals surface area contributed by atoms with Gasteiger partial charge in [0.2, 0.25) is 5.91 Å². The minimum absolute atomic E-state index is 0.106. The maximum atomic E-state index is 12.1. The lowest BCUT2D eigenvalue weighted by atomic mass is 10.1. The smallest absolute Gasteiger partial charge is 0.254 e. The number of carbonyl (C=O) groups excluding carboxylic acids is 2. The van der Waals surface area contributed by atoms with Crippen LogP contribution in [0.3, 0.4) is 0 Å². The van der Waals surface area contributed by atoms with Crippen LogP contribution in [0.2, 0.25) is 0 Å². The zero-order valence-electron chi connectivity index (χ0n) is 14.3. The number of primary amides is 1. The predicted octanol–water partition coefficient (Wildman–Crippen LogP) is 0.750. The molecule has 0 radical (unpaired) electrons. The number of rotatable bonds is 5. The number of anilines is 1. The van der Waals surface area contributed by atoms with E-state index >= 15 is 0 Å². The Kier molecular flexibility index (Phi) is 4.22. The Morgan fingerprint density at radius 2 is 2.00 bits per heavy atom. The van der Waals surface area contributed by atoms with Gasteiger partial charge in [-0.2, -0.15) is 10.2 Å². The molecule has 2 amide bonds. The van der Waals surface area contributed by atoms with E-state index in [1.165, 1.54) is 6.20 Å². The first-order valence-electron chi connectivity index (χ1n) is 7.79. The molecule has 0 saturated heterocycles. The SMILES string of the molecule is Cc1nc2c(C(N)=O)cnn2c(C)c1CCC(=O)Nc1cnn(C)c1. The molecule has 0 atom stereocenters. The molecule has 3 heterocycles. The fourth-order valence-electron chi connectivity index (χ4n) is 2.79. The van der Waals surface area contributed by atoms with Gasteiger partial charge in [-0.25, -0.2) is 9.50 Å². The predicted molar refractivity (Wildman–Crippen MR) is 91.1 cm³/mol. The summed E-state index contributed by atoms with van der Waals surface area (Å²) in [5, 5.41) is 11.0. The number of carbonyl (C=O) groups is 2. The average molecular weight is 341 g/mol. The molecule has 3 aromatic heterocycles. The van der Waals surface area contributed by atoms with Crippen molar-refractivity contribution in [2.45, 2.75) is 26.7 Å². The molecule has 0 unspecified atom stereocenters. The number of nitrogens with one attached hydrogen (secondary N) is 1. The first-order chi connectivity index (χ1) is 11.9. The van der Waals surface area contributed by atoms with Crippen LogP contribution in [-0.4, -0.2) is 36.2 Å². The van der Waals surface area contributed by atoms with Gasteiger partial charge in [0.05, 0.1) is 18.1 Å². The van der Waals surface area contributed by atoms with E-state index in [1.54, 1.807) is 28.6 Å². The molecule has 0 aliphatic heterocycles. The van der Waals surface area contributed by atoms with Crippen LogP contribution in [0.15, 0.2) is 18.6 Å². The van der Waals surface area contributed by atoms with Gasteiger partial charge in [-0.1, -0.05) is 0 Å². The van der Waals surface area contributed by atoms with Gasteiger partial charge in [0.15, 0.2) is 5.65 Å². The van der Waals surface area contributed by atoms with E-state index in [0.717, 1.165) is 17.0 Å². The number of fused-ring (bicyclic) bond motifs is 1. The summed E-state index contributed by atoms with van der Waals surface area (Å²) in [6, 6.07) is 0. The third-order valence-corrected chi connectivity index (χ3v) is 4.06. The number of hydrogen-bond donors (Lipinski definition) is 2. The Labute approximate surface area is 143 Å². The second-order valence-electron chi connectivity index (χ2n) is 5.87. The van der Waals surface area contributed by atoms with Gasteiger partial charge in [0, 0.05) is 31.1 Å².